The van der Waals surface area contributed by atoms with Crippen LogP contribution in [-0.2, 0) is 12.8 Å². The predicted molar refractivity (Wildman–Crippen MR) is 87.2 cm³/mol. The van der Waals surface area contributed by atoms with E-state index >= 15 is 0 Å². The van der Waals surface area contributed by atoms with Crippen molar-refractivity contribution in [1.82, 2.24) is 0 Å². The van der Waals surface area contributed by atoms with Crippen LogP contribution in [0, 0.1) is 0 Å². The number of carbonyl (C=O) groups excluding carboxylic acids is 1. The minimum absolute atomic E-state index is 0.176. The van der Waals surface area contributed by atoms with Crippen molar-refractivity contribution in [2.45, 2.75) is 12.8 Å². The monoisotopic (exact) mass is 280 g/mol. The molecule has 2 aromatic rings. The van der Waals surface area contributed by atoms with Crippen molar-refractivity contribution in [3.05, 3.63) is 76.4 Å². The summed E-state index contributed by atoms with van der Waals surface area (Å²) in [7, 11) is 2.74. The Labute approximate surface area is 121 Å². The highest BCUT2D eigenvalue weighted by molar-refractivity contribution is 7.16. The lowest BCUT2D eigenvalue weighted by atomic mass is 10.1. The maximum absolute atomic E-state index is 12.3. The van der Waals surface area contributed by atoms with Gasteiger partial charge in [0, 0.05) is 17.6 Å². The molecule has 0 amide bonds. The molecule has 2 aromatic carbocycles. The SMILES string of the molecule is O=C1/C(=C/c2ccc(CCP)cc2)Cc2ccccc21. The number of aryl methyl sites for hydroxylation is 1. The smallest absolute Gasteiger partial charge is 0.189 e. The molecule has 0 aromatic heterocycles. The summed E-state index contributed by atoms with van der Waals surface area (Å²) in [5, 5.41) is 0. The van der Waals surface area contributed by atoms with Crippen LogP contribution in [0.15, 0.2) is 54.1 Å². The molecule has 0 heterocycles. The highest BCUT2D eigenvalue weighted by Crippen LogP contribution is 2.27. The van der Waals surface area contributed by atoms with Crippen molar-refractivity contribution in [3.63, 3.8) is 0 Å². The summed E-state index contributed by atoms with van der Waals surface area (Å²) in [6.45, 7) is 0. The molecule has 2 heteroatoms. The van der Waals surface area contributed by atoms with Gasteiger partial charge in [-0.1, -0.05) is 48.5 Å². The number of rotatable bonds is 3. The Hall–Kier alpha value is -1.72. The molecule has 0 saturated carbocycles. The average Bonchev–Trinajstić information content (AvgIpc) is 2.79. The molecule has 1 aliphatic rings. The van der Waals surface area contributed by atoms with Gasteiger partial charge in [-0.3, -0.25) is 4.79 Å². The maximum atomic E-state index is 12.3. The van der Waals surface area contributed by atoms with E-state index in [0.29, 0.717) is 0 Å². The molecule has 0 fully saturated rings. The first-order valence-corrected chi connectivity index (χ1v) is 7.72. The molecule has 1 unspecified atom stereocenters. The van der Waals surface area contributed by atoms with Gasteiger partial charge in [0.05, 0.1) is 0 Å². The first kappa shape index (κ1) is 13.3. The Morgan fingerprint density at radius 3 is 2.50 bits per heavy atom. The molecule has 0 radical (unpaired) electrons. The zero-order chi connectivity index (χ0) is 13.9. The molecule has 0 N–H and O–H groups in total. The van der Waals surface area contributed by atoms with Gasteiger partial charge in [0.1, 0.15) is 0 Å². The summed E-state index contributed by atoms with van der Waals surface area (Å²) >= 11 is 0. The van der Waals surface area contributed by atoms with Crippen LogP contribution in [0.25, 0.3) is 6.08 Å². The number of allylic oxidation sites excluding steroid dienone is 1. The van der Waals surface area contributed by atoms with Crippen LogP contribution in [0.5, 0.6) is 0 Å². The topological polar surface area (TPSA) is 17.1 Å². The van der Waals surface area contributed by atoms with Gasteiger partial charge in [-0.2, -0.15) is 0 Å². The van der Waals surface area contributed by atoms with E-state index in [1.165, 1.54) is 5.56 Å². The molecular formula is C18H17OP. The van der Waals surface area contributed by atoms with Crippen LogP contribution in [0.4, 0.5) is 0 Å². The Kier molecular flexibility index (Phi) is 3.80. The number of fused-ring (bicyclic) bond motifs is 1. The summed E-state index contributed by atoms with van der Waals surface area (Å²) in [5.74, 6) is 0.176. The lowest BCUT2D eigenvalue weighted by Gasteiger charge is -2.00. The van der Waals surface area contributed by atoms with Crippen LogP contribution < -0.4 is 0 Å². The third kappa shape index (κ3) is 2.59. The average molecular weight is 280 g/mol. The fourth-order valence-electron chi connectivity index (χ4n) is 2.62. The molecular weight excluding hydrogens is 263 g/mol. The summed E-state index contributed by atoms with van der Waals surface area (Å²) < 4.78 is 0. The van der Waals surface area contributed by atoms with Crippen molar-refractivity contribution >= 4 is 21.1 Å². The maximum Gasteiger partial charge on any atom is 0.189 e. The van der Waals surface area contributed by atoms with E-state index in [1.54, 1.807) is 0 Å². The first-order valence-electron chi connectivity index (χ1n) is 6.90. The molecule has 3 rings (SSSR count). The second-order valence-electron chi connectivity index (χ2n) is 5.11. The molecule has 1 aliphatic carbocycles. The molecule has 0 spiro atoms. The normalized spacial score (nSPS) is 15.7. The van der Waals surface area contributed by atoms with E-state index in [9.17, 15) is 4.79 Å². The van der Waals surface area contributed by atoms with Gasteiger partial charge >= 0.3 is 0 Å². The lowest BCUT2D eigenvalue weighted by Crippen LogP contribution is -1.95. The fraction of sp³-hybridized carbons (Fsp3) is 0.167. The van der Waals surface area contributed by atoms with Crippen molar-refractivity contribution in [1.29, 1.82) is 0 Å². The van der Waals surface area contributed by atoms with Crippen LogP contribution in [0.1, 0.15) is 27.0 Å². The second kappa shape index (κ2) is 5.73. The Morgan fingerprint density at radius 2 is 1.80 bits per heavy atom. The highest BCUT2D eigenvalue weighted by atomic mass is 31.0. The second-order valence-corrected chi connectivity index (χ2v) is 5.69. The van der Waals surface area contributed by atoms with Crippen LogP contribution in [-0.4, -0.2) is 11.9 Å². The van der Waals surface area contributed by atoms with Crippen molar-refractivity contribution < 1.29 is 4.79 Å². The number of carbonyl (C=O) groups is 1. The molecule has 100 valence electrons. The number of hydrogen-bond acceptors (Lipinski definition) is 1. The predicted octanol–water partition coefficient (Wildman–Crippen LogP) is 3.93. The third-order valence-corrected chi connectivity index (χ3v) is 3.98. The number of hydrogen-bond donors (Lipinski definition) is 0. The van der Waals surface area contributed by atoms with E-state index in [-0.39, 0.29) is 5.78 Å². The molecule has 20 heavy (non-hydrogen) atoms. The number of benzene rings is 2. The largest absolute Gasteiger partial charge is 0.289 e. The van der Waals surface area contributed by atoms with E-state index in [4.69, 9.17) is 0 Å². The number of Topliss-reactive ketones (excluding diaryl/α,β-unsaturated/α-hetero) is 1. The summed E-state index contributed by atoms with van der Waals surface area (Å²) in [5.41, 5.74) is 5.34. The fourth-order valence-corrected chi connectivity index (χ4v) is 2.95. The lowest BCUT2D eigenvalue weighted by molar-refractivity contribution is 0.104. The van der Waals surface area contributed by atoms with Crippen molar-refractivity contribution in [2.24, 2.45) is 0 Å². The van der Waals surface area contributed by atoms with E-state index in [0.717, 1.165) is 41.3 Å². The van der Waals surface area contributed by atoms with Gasteiger partial charge in [-0.15, -0.1) is 9.24 Å². The Morgan fingerprint density at radius 1 is 1.05 bits per heavy atom. The van der Waals surface area contributed by atoms with E-state index < -0.39 is 0 Å². The zero-order valence-electron chi connectivity index (χ0n) is 11.3. The van der Waals surface area contributed by atoms with Crippen molar-refractivity contribution in [3.8, 4) is 0 Å². The quantitative estimate of drug-likeness (QED) is 0.615. The minimum Gasteiger partial charge on any atom is -0.289 e. The summed E-state index contributed by atoms with van der Waals surface area (Å²) in [6, 6.07) is 16.4. The van der Waals surface area contributed by atoms with E-state index in [1.807, 2.05) is 30.3 Å². The minimum atomic E-state index is 0.176. The molecule has 1 atom stereocenters. The molecule has 1 nitrogen and oxygen atoms in total. The first-order chi connectivity index (χ1) is 9.78. The van der Waals surface area contributed by atoms with Crippen molar-refractivity contribution in [2.75, 3.05) is 6.16 Å². The van der Waals surface area contributed by atoms with Crippen LogP contribution in [0.3, 0.4) is 0 Å². The van der Waals surface area contributed by atoms with Crippen LogP contribution >= 0.6 is 9.24 Å². The third-order valence-electron chi connectivity index (χ3n) is 3.69. The van der Waals surface area contributed by atoms with Gasteiger partial charge in [0.15, 0.2) is 5.78 Å². The summed E-state index contributed by atoms with van der Waals surface area (Å²) in [4.78, 5) is 12.3. The number of ketones is 1. The zero-order valence-corrected chi connectivity index (χ0v) is 12.5. The standard InChI is InChI=1S/C18H17OP/c19-18-16(12-15-3-1-2-4-17(15)18)11-14-7-5-13(6-8-14)9-10-20/h1-8,11H,9-10,12,20H2/b16-11+. The molecule has 0 aliphatic heterocycles. The van der Waals surface area contributed by atoms with Gasteiger partial charge in [0.25, 0.3) is 0 Å². The van der Waals surface area contributed by atoms with Gasteiger partial charge < -0.3 is 0 Å². The van der Waals surface area contributed by atoms with E-state index in [2.05, 4.69) is 33.5 Å². The van der Waals surface area contributed by atoms with Gasteiger partial charge in [-0.25, -0.2) is 0 Å². The Bertz CT molecular complexity index is 668. The van der Waals surface area contributed by atoms with Gasteiger partial charge in [-0.05, 0) is 35.3 Å². The van der Waals surface area contributed by atoms with Crippen LogP contribution in [0.2, 0.25) is 0 Å². The van der Waals surface area contributed by atoms with Gasteiger partial charge in [0.2, 0.25) is 0 Å². The Balaban J connectivity index is 1.85. The summed E-state index contributed by atoms with van der Waals surface area (Å²) in [6.07, 6.45) is 4.93. The highest BCUT2D eigenvalue weighted by Gasteiger charge is 2.23. The molecule has 0 saturated heterocycles. The molecule has 0 bridgehead atoms.